The van der Waals surface area contributed by atoms with E-state index in [2.05, 4.69) is 0 Å². The minimum atomic E-state index is -0.901. The van der Waals surface area contributed by atoms with E-state index in [-0.39, 0.29) is 29.6 Å². The molecule has 0 atom stereocenters. The summed E-state index contributed by atoms with van der Waals surface area (Å²) >= 11 is 0. The Labute approximate surface area is 188 Å². The molecule has 0 aliphatic rings. The van der Waals surface area contributed by atoms with Crippen LogP contribution < -0.4 is 4.74 Å². The number of carboxylic acid groups (broad SMARTS) is 1. The Hall–Kier alpha value is -2.33. The van der Waals surface area contributed by atoms with E-state index < -0.39 is 5.97 Å². The van der Waals surface area contributed by atoms with Gasteiger partial charge in [0.2, 0.25) is 0 Å². The fourth-order valence-corrected chi connectivity index (χ4v) is 2.95. The van der Waals surface area contributed by atoms with Crippen molar-refractivity contribution in [3.05, 3.63) is 107 Å². The molecule has 0 amide bonds. The summed E-state index contributed by atoms with van der Waals surface area (Å²) in [6, 6.07) is 23.2. The van der Waals surface area contributed by atoms with Crippen LogP contribution in [0.1, 0.15) is 32.6 Å². The zero-order valence-electron chi connectivity index (χ0n) is 15.3. The number of carboxylic acids is 1. The van der Waals surface area contributed by atoms with Gasteiger partial charge in [0.25, 0.3) is 0 Å². The van der Waals surface area contributed by atoms with Crippen molar-refractivity contribution in [1.82, 2.24) is 0 Å². The molecule has 0 bridgehead atoms. The van der Waals surface area contributed by atoms with Gasteiger partial charge in [-0.3, -0.25) is 0 Å². The van der Waals surface area contributed by atoms with Crippen LogP contribution in [0.5, 0.6) is 5.75 Å². The normalized spacial score (nSPS) is 10.5. The summed E-state index contributed by atoms with van der Waals surface area (Å²) in [7, 11) is 0. The first-order valence-electron chi connectivity index (χ1n) is 8.89. The number of aromatic carboxylic acids is 1. The fourth-order valence-electron chi connectivity index (χ4n) is 2.95. The van der Waals surface area contributed by atoms with Gasteiger partial charge < -0.3 is 9.84 Å². The third kappa shape index (κ3) is 5.83. The quantitative estimate of drug-likeness (QED) is 0.593. The van der Waals surface area contributed by atoms with E-state index in [1.807, 2.05) is 79.7 Å². The van der Waals surface area contributed by atoms with E-state index in [4.69, 9.17) is 4.74 Å². The molecule has 1 N–H and O–H groups in total. The van der Waals surface area contributed by atoms with Crippen molar-refractivity contribution in [1.29, 1.82) is 0 Å². The topological polar surface area (TPSA) is 46.5 Å². The zero-order valence-corrected chi connectivity index (χ0v) is 15.3. The van der Waals surface area contributed by atoms with Crippen LogP contribution in [0.3, 0.4) is 0 Å². The van der Waals surface area contributed by atoms with Crippen LogP contribution >= 0.6 is 0 Å². The number of hydrogen-bond acceptors (Lipinski definition) is 2. The summed E-state index contributed by atoms with van der Waals surface area (Å²) in [5, 5.41) is 9.30. The van der Waals surface area contributed by atoms with Crippen molar-refractivity contribution in [2.24, 2.45) is 0 Å². The molecule has 0 aliphatic heterocycles. The molecule has 0 saturated carbocycles. The van der Waals surface area contributed by atoms with Crippen LogP contribution in [0.2, 0.25) is 0 Å². The third-order valence-corrected chi connectivity index (χ3v) is 4.35. The first-order valence-corrected chi connectivity index (χ1v) is 8.89. The molecule has 0 spiro atoms. The van der Waals surface area contributed by atoms with Gasteiger partial charge in [-0.2, -0.15) is 0 Å². The van der Waals surface area contributed by atoms with Gasteiger partial charge in [-0.25, -0.2) is 4.79 Å². The van der Waals surface area contributed by atoms with Gasteiger partial charge in [-0.1, -0.05) is 78.9 Å². The fraction of sp³-hybridized carbons (Fsp3) is 0.125. The Morgan fingerprint density at radius 1 is 0.964 bits per heavy atom. The first kappa shape index (κ1) is 22.0. The SMILES string of the molecule is Cc1cccc(C=CCc2ccccc2C(=O)O)c1OCc1ccccc1.[NaH]. The van der Waals surface area contributed by atoms with E-state index in [1.54, 1.807) is 12.1 Å². The molecule has 28 heavy (non-hydrogen) atoms. The van der Waals surface area contributed by atoms with Gasteiger partial charge in [0.15, 0.2) is 0 Å². The van der Waals surface area contributed by atoms with Crippen molar-refractivity contribution < 1.29 is 14.6 Å². The minimum absolute atomic E-state index is 0. The molecule has 3 aromatic carbocycles. The summed E-state index contributed by atoms with van der Waals surface area (Å²) in [6.45, 7) is 2.53. The van der Waals surface area contributed by atoms with E-state index in [0.29, 0.717) is 18.6 Å². The molecule has 3 aromatic rings. The number of allylic oxidation sites excluding steroid dienone is 1. The van der Waals surface area contributed by atoms with Crippen LogP contribution in [0, 0.1) is 6.92 Å². The molecule has 3 nitrogen and oxygen atoms in total. The summed E-state index contributed by atoms with van der Waals surface area (Å²) in [6.07, 6.45) is 4.52. The Morgan fingerprint density at radius 3 is 2.43 bits per heavy atom. The van der Waals surface area contributed by atoms with E-state index in [0.717, 1.165) is 28.0 Å². The molecule has 0 heterocycles. The molecule has 138 valence electrons. The molecule has 4 heteroatoms. The molecule has 3 rings (SSSR count). The second-order valence-electron chi connectivity index (χ2n) is 6.34. The number of benzene rings is 3. The van der Waals surface area contributed by atoms with Crippen LogP contribution in [0.15, 0.2) is 78.9 Å². The van der Waals surface area contributed by atoms with Gasteiger partial charge in [-0.05, 0) is 36.1 Å². The number of aryl methyl sites for hydroxylation is 1. The van der Waals surface area contributed by atoms with Crippen molar-refractivity contribution in [3.63, 3.8) is 0 Å². The predicted octanol–water partition coefficient (Wildman–Crippen LogP) is 4.88. The average Bonchev–Trinajstić information content (AvgIpc) is 2.68. The summed E-state index contributed by atoms with van der Waals surface area (Å²) in [5.41, 5.74) is 4.30. The second kappa shape index (κ2) is 10.9. The Kier molecular flexibility index (Phi) is 8.52. The standard InChI is InChI=1S/C24H22O3.Na.H/c1-18-9-7-14-21(23(18)27-17-19-10-3-2-4-11-19)15-8-13-20-12-5-6-16-22(20)24(25)26;;/h2-12,14-16H,13,17H2,1H3,(H,25,26);;. The number of hydrogen-bond donors (Lipinski definition) is 1. The van der Waals surface area contributed by atoms with E-state index in [9.17, 15) is 9.90 Å². The van der Waals surface area contributed by atoms with Crippen molar-refractivity contribution in [2.45, 2.75) is 20.0 Å². The molecule has 0 radical (unpaired) electrons. The average molecular weight is 382 g/mol. The van der Waals surface area contributed by atoms with Gasteiger partial charge in [-0.15, -0.1) is 0 Å². The van der Waals surface area contributed by atoms with E-state index in [1.165, 1.54) is 0 Å². The molecule has 0 aliphatic carbocycles. The summed E-state index contributed by atoms with van der Waals surface area (Å²) in [4.78, 5) is 11.3. The number of para-hydroxylation sites is 1. The maximum absolute atomic E-state index is 11.3. The number of ether oxygens (including phenoxy) is 1. The predicted molar refractivity (Wildman–Crippen MR) is 115 cm³/mol. The van der Waals surface area contributed by atoms with Crippen molar-refractivity contribution in [3.8, 4) is 5.75 Å². The number of carbonyl (C=O) groups is 1. The maximum atomic E-state index is 11.3. The zero-order chi connectivity index (χ0) is 19.1. The van der Waals surface area contributed by atoms with Crippen molar-refractivity contribution >= 4 is 41.6 Å². The molecular weight excluding hydrogens is 359 g/mol. The second-order valence-corrected chi connectivity index (χ2v) is 6.34. The van der Waals surface area contributed by atoms with Gasteiger partial charge in [0.05, 0.1) is 5.56 Å². The monoisotopic (exact) mass is 382 g/mol. The summed E-state index contributed by atoms with van der Waals surface area (Å²) in [5.74, 6) is -0.0504. The number of rotatable bonds is 7. The van der Waals surface area contributed by atoms with Gasteiger partial charge >= 0.3 is 35.5 Å². The molecule has 0 saturated heterocycles. The summed E-state index contributed by atoms with van der Waals surface area (Å²) < 4.78 is 6.07. The van der Waals surface area contributed by atoms with Crippen LogP contribution in [0.25, 0.3) is 6.08 Å². The van der Waals surface area contributed by atoms with Crippen LogP contribution in [-0.4, -0.2) is 40.6 Å². The van der Waals surface area contributed by atoms with Crippen LogP contribution in [-0.2, 0) is 13.0 Å². The Balaban J connectivity index is 0.00000280. The van der Waals surface area contributed by atoms with Gasteiger partial charge in [0, 0.05) is 5.56 Å². The van der Waals surface area contributed by atoms with Gasteiger partial charge in [0.1, 0.15) is 12.4 Å². The van der Waals surface area contributed by atoms with E-state index >= 15 is 0 Å². The molecule has 0 unspecified atom stereocenters. The Bertz CT molecular complexity index is 949. The van der Waals surface area contributed by atoms with Crippen molar-refractivity contribution in [2.75, 3.05) is 0 Å². The molecule has 0 aromatic heterocycles. The third-order valence-electron chi connectivity index (χ3n) is 4.35. The Morgan fingerprint density at radius 2 is 1.68 bits per heavy atom. The van der Waals surface area contributed by atoms with Crippen LogP contribution in [0.4, 0.5) is 0 Å². The molecular formula is C24H23NaO3. The molecule has 0 fully saturated rings. The first-order chi connectivity index (χ1) is 13.1.